The first-order valence-electron chi connectivity index (χ1n) is 7.23. The fourth-order valence-electron chi connectivity index (χ4n) is 3.20. The summed E-state index contributed by atoms with van der Waals surface area (Å²) in [4.78, 5) is 2.59. The Balaban J connectivity index is 1.81. The van der Waals surface area contributed by atoms with E-state index in [0.29, 0.717) is 6.04 Å². The summed E-state index contributed by atoms with van der Waals surface area (Å²) in [6.07, 6.45) is 7.98. The van der Waals surface area contributed by atoms with Gasteiger partial charge in [0, 0.05) is 26.2 Å². The van der Waals surface area contributed by atoms with Gasteiger partial charge in [0.2, 0.25) is 0 Å². The van der Waals surface area contributed by atoms with Gasteiger partial charge in [-0.15, -0.1) is 0 Å². The Bertz CT molecular complexity index is 226. The SMILES string of the molecule is COC1(C)CCCN(CC2CCCCCN2)C1. The number of nitrogens with zero attached hydrogens (tertiary/aromatic N) is 1. The number of likely N-dealkylation sites (tertiary alicyclic amines) is 1. The lowest BCUT2D eigenvalue weighted by Gasteiger charge is -2.40. The fraction of sp³-hybridized carbons (Fsp3) is 1.00. The van der Waals surface area contributed by atoms with Gasteiger partial charge in [-0.05, 0) is 45.7 Å². The molecule has 2 unspecified atom stereocenters. The lowest BCUT2D eigenvalue weighted by Crippen LogP contribution is -2.51. The van der Waals surface area contributed by atoms with E-state index >= 15 is 0 Å². The van der Waals surface area contributed by atoms with Crippen molar-refractivity contribution in [3.05, 3.63) is 0 Å². The second-order valence-corrected chi connectivity index (χ2v) is 5.99. The first kappa shape index (κ1) is 13.3. The van der Waals surface area contributed by atoms with Crippen LogP contribution in [0.4, 0.5) is 0 Å². The van der Waals surface area contributed by atoms with Crippen molar-refractivity contribution in [1.82, 2.24) is 10.2 Å². The third-order valence-electron chi connectivity index (χ3n) is 4.37. The quantitative estimate of drug-likeness (QED) is 0.817. The zero-order chi connectivity index (χ0) is 12.1. The summed E-state index contributed by atoms with van der Waals surface area (Å²) in [6.45, 7) is 7.01. The number of methoxy groups -OCH3 is 1. The van der Waals surface area contributed by atoms with Crippen molar-refractivity contribution in [2.75, 3.05) is 33.3 Å². The van der Waals surface area contributed by atoms with E-state index in [9.17, 15) is 0 Å². The van der Waals surface area contributed by atoms with Crippen LogP contribution in [-0.4, -0.2) is 49.8 Å². The molecule has 1 N–H and O–H groups in total. The maximum Gasteiger partial charge on any atom is 0.0777 e. The summed E-state index contributed by atoms with van der Waals surface area (Å²) in [7, 11) is 1.85. The molecule has 2 aliphatic rings. The molecule has 100 valence electrons. The second kappa shape index (κ2) is 6.17. The molecule has 2 saturated heterocycles. The average molecular weight is 240 g/mol. The number of nitrogens with one attached hydrogen (secondary N) is 1. The topological polar surface area (TPSA) is 24.5 Å². The van der Waals surface area contributed by atoms with Crippen LogP contribution < -0.4 is 5.32 Å². The van der Waals surface area contributed by atoms with Gasteiger partial charge in [0.05, 0.1) is 5.60 Å². The van der Waals surface area contributed by atoms with Gasteiger partial charge in [-0.3, -0.25) is 4.90 Å². The summed E-state index contributed by atoms with van der Waals surface area (Å²) in [5.41, 5.74) is 0.0863. The van der Waals surface area contributed by atoms with E-state index in [1.54, 1.807) is 0 Å². The summed E-state index contributed by atoms with van der Waals surface area (Å²) < 4.78 is 5.66. The van der Waals surface area contributed by atoms with Gasteiger partial charge in [-0.1, -0.05) is 12.8 Å². The first-order valence-corrected chi connectivity index (χ1v) is 7.23. The third kappa shape index (κ3) is 3.94. The highest BCUT2D eigenvalue weighted by Crippen LogP contribution is 2.24. The fourth-order valence-corrected chi connectivity index (χ4v) is 3.20. The van der Waals surface area contributed by atoms with E-state index in [2.05, 4.69) is 17.1 Å². The molecule has 2 aliphatic heterocycles. The Morgan fingerprint density at radius 1 is 1.29 bits per heavy atom. The summed E-state index contributed by atoms with van der Waals surface area (Å²) in [5.74, 6) is 0. The molecule has 2 fully saturated rings. The van der Waals surface area contributed by atoms with Gasteiger partial charge in [0.1, 0.15) is 0 Å². The van der Waals surface area contributed by atoms with E-state index < -0.39 is 0 Å². The minimum absolute atomic E-state index is 0.0863. The number of rotatable bonds is 3. The van der Waals surface area contributed by atoms with Crippen LogP contribution in [0, 0.1) is 0 Å². The van der Waals surface area contributed by atoms with Crippen molar-refractivity contribution in [2.45, 2.75) is 57.1 Å². The van der Waals surface area contributed by atoms with Crippen LogP contribution in [0.5, 0.6) is 0 Å². The second-order valence-electron chi connectivity index (χ2n) is 5.99. The Morgan fingerprint density at radius 3 is 3.00 bits per heavy atom. The van der Waals surface area contributed by atoms with Crippen LogP contribution in [0.2, 0.25) is 0 Å². The number of hydrogen-bond donors (Lipinski definition) is 1. The van der Waals surface area contributed by atoms with E-state index in [-0.39, 0.29) is 5.60 Å². The van der Waals surface area contributed by atoms with Gasteiger partial charge in [-0.25, -0.2) is 0 Å². The molecule has 2 rings (SSSR count). The molecule has 0 aromatic rings. The molecule has 0 spiro atoms. The minimum Gasteiger partial charge on any atom is -0.377 e. The van der Waals surface area contributed by atoms with Crippen molar-refractivity contribution in [3.63, 3.8) is 0 Å². The molecule has 0 radical (unpaired) electrons. The average Bonchev–Trinajstić information content (AvgIpc) is 2.58. The lowest BCUT2D eigenvalue weighted by atomic mass is 9.94. The van der Waals surface area contributed by atoms with Crippen LogP contribution in [-0.2, 0) is 4.74 Å². The van der Waals surface area contributed by atoms with Crippen molar-refractivity contribution < 1.29 is 4.74 Å². The molecule has 0 aliphatic carbocycles. The summed E-state index contributed by atoms with van der Waals surface area (Å²) in [5, 5.41) is 3.69. The largest absolute Gasteiger partial charge is 0.377 e. The molecule has 0 aromatic heterocycles. The van der Waals surface area contributed by atoms with Crippen LogP contribution >= 0.6 is 0 Å². The number of hydrogen-bond acceptors (Lipinski definition) is 3. The van der Waals surface area contributed by atoms with Crippen molar-refractivity contribution >= 4 is 0 Å². The Labute approximate surface area is 106 Å². The van der Waals surface area contributed by atoms with E-state index in [0.717, 1.165) is 6.54 Å². The standard InChI is InChI=1S/C14H28N2O/c1-14(17-2)8-6-10-16(12-14)11-13-7-4-3-5-9-15-13/h13,15H,3-12H2,1-2H3. The lowest BCUT2D eigenvalue weighted by molar-refractivity contribution is -0.0523. The maximum atomic E-state index is 5.66. The van der Waals surface area contributed by atoms with Crippen molar-refractivity contribution in [2.24, 2.45) is 0 Å². The van der Waals surface area contributed by atoms with Gasteiger partial charge >= 0.3 is 0 Å². The smallest absolute Gasteiger partial charge is 0.0777 e. The monoisotopic (exact) mass is 240 g/mol. The highest BCUT2D eigenvalue weighted by atomic mass is 16.5. The van der Waals surface area contributed by atoms with Crippen LogP contribution in [0.25, 0.3) is 0 Å². The van der Waals surface area contributed by atoms with Crippen molar-refractivity contribution in [3.8, 4) is 0 Å². The Morgan fingerprint density at radius 2 is 2.18 bits per heavy atom. The summed E-state index contributed by atoms with van der Waals surface area (Å²) in [6, 6.07) is 0.705. The predicted molar refractivity (Wildman–Crippen MR) is 71.3 cm³/mol. The molecular weight excluding hydrogens is 212 g/mol. The highest BCUT2D eigenvalue weighted by molar-refractivity contribution is 4.86. The van der Waals surface area contributed by atoms with E-state index in [4.69, 9.17) is 4.74 Å². The zero-order valence-corrected chi connectivity index (χ0v) is 11.5. The molecule has 0 amide bonds. The normalized spacial score (nSPS) is 36.7. The molecule has 2 atom stereocenters. The molecule has 3 heteroatoms. The number of ether oxygens (including phenoxy) is 1. The zero-order valence-electron chi connectivity index (χ0n) is 11.5. The molecule has 17 heavy (non-hydrogen) atoms. The van der Waals surface area contributed by atoms with Gasteiger partial charge < -0.3 is 10.1 Å². The van der Waals surface area contributed by atoms with E-state index in [1.807, 2.05) is 7.11 Å². The molecule has 3 nitrogen and oxygen atoms in total. The predicted octanol–water partition coefficient (Wildman–Crippen LogP) is 2.02. The number of piperidine rings is 1. The summed E-state index contributed by atoms with van der Waals surface area (Å²) >= 11 is 0. The van der Waals surface area contributed by atoms with Gasteiger partial charge in [-0.2, -0.15) is 0 Å². The van der Waals surface area contributed by atoms with Crippen LogP contribution in [0.1, 0.15) is 45.4 Å². The maximum absolute atomic E-state index is 5.66. The minimum atomic E-state index is 0.0863. The molecule has 0 saturated carbocycles. The Kier molecular flexibility index (Phi) is 4.83. The molecule has 0 bridgehead atoms. The first-order chi connectivity index (χ1) is 8.22. The van der Waals surface area contributed by atoms with E-state index in [1.165, 1.54) is 58.2 Å². The molecular formula is C14H28N2O. The van der Waals surface area contributed by atoms with Crippen LogP contribution in [0.3, 0.4) is 0 Å². The van der Waals surface area contributed by atoms with Crippen LogP contribution in [0.15, 0.2) is 0 Å². The molecule has 2 heterocycles. The van der Waals surface area contributed by atoms with Gasteiger partial charge in [0.15, 0.2) is 0 Å². The van der Waals surface area contributed by atoms with Crippen molar-refractivity contribution in [1.29, 1.82) is 0 Å². The van der Waals surface area contributed by atoms with Gasteiger partial charge in [0.25, 0.3) is 0 Å². The third-order valence-corrected chi connectivity index (χ3v) is 4.37. The molecule has 0 aromatic carbocycles. The Hall–Kier alpha value is -0.120. The highest BCUT2D eigenvalue weighted by Gasteiger charge is 2.31.